The van der Waals surface area contributed by atoms with E-state index in [0.29, 0.717) is 23.9 Å². The zero-order valence-corrected chi connectivity index (χ0v) is 12.8. The van der Waals surface area contributed by atoms with Crippen molar-refractivity contribution in [2.24, 2.45) is 5.84 Å². The average Bonchev–Trinajstić information content (AvgIpc) is 3.17. The van der Waals surface area contributed by atoms with Gasteiger partial charge >= 0.3 is 0 Å². The molecule has 1 aromatic rings. The minimum absolute atomic E-state index is 0.410. The highest BCUT2D eigenvalue weighted by Crippen LogP contribution is 2.24. The molecule has 2 saturated heterocycles. The van der Waals surface area contributed by atoms with E-state index in [0.717, 1.165) is 13.1 Å². The predicted octanol–water partition coefficient (Wildman–Crippen LogP) is -0.102. The lowest BCUT2D eigenvalue weighted by Crippen LogP contribution is -2.35. The Labute approximate surface area is 125 Å². The highest BCUT2D eigenvalue weighted by molar-refractivity contribution is 5.44. The first kappa shape index (κ1) is 14.3. The number of hydrogen-bond donors (Lipinski definition) is 2. The summed E-state index contributed by atoms with van der Waals surface area (Å²) in [7, 11) is 3.83. The number of anilines is 3. The molecule has 3 heterocycles. The Kier molecular flexibility index (Phi) is 4.07. The highest BCUT2D eigenvalue weighted by atomic mass is 15.4. The molecular formula is C13H24N8. The summed E-state index contributed by atoms with van der Waals surface area (Å²) in [6.07, 6.45) is 3.83. The fourth-order valence-electron chi connectivity index (χ4n) is 3.09. The van der Waals surface area contributed by atoms with Gasteiger partial charge in [-0.25, -0.2) is 5.84 Å². The number of rotatable bonds is 4. The van der Waals surface area contributed by atoms with E-state index in [9.17, 15) is 0 Å². The van der Waals surface area contributed by atoms with Crippen molar-refractivity contribution in [3.05, 3.63) is 0 Å². The standard InChI is InChI=1S/C13H24N8/c1-19(2)12-15-11(18-14)16-13(17-12)21-8-5-10(9-21)20-6-3-4-7-20/h10H,3-9,14H2,1-2H3,(H,15,16,17,18). The van der Waals surface area contributed by atoms with Gasteiger partial charge in [0, 0.05) is 33.2 Å². The first-order valence-corrected chi connectivity index (χ1v) is 7.56. The molecule has 8 nitrogen and oxygen atoms in total. The monoisotopic (exact) mass is 292 g/mol. The van der Waals surface area contributed by atoms with Crippen LogP contribution in [0.1, 0.15) is 19.3 Å². The maximum Gasteiger partial charge on any atom is 0.243 e. The van der Waals surface area contributed by atoms with Gasteiger partial charge in [-0.2, -0.15) is 15.0 Å². The molecule has 0 spiro atoms. The summed E-state index contributed by atoms with van der Waals surface area (Å²) < 4.78 is 0. The van der Waals surface area contributed by atoms with E-state index in [4.69, 9.17) is 5.84 Å². The molecule has 1 atom stereocenters. The maximum atomic E-state index is 5.47. The van der Waals surface area contributed by atoms with E-state index in [1.165, 1.54) is 32.4 Å². The largest absolute Gasteiger partial charge is 0.347 e. The van der Waals surface area contributed by atoms with E-state index in [1.54, 1.807) is 0 Å². The molecule has 0 saturated carbocycles. The predicted molar refractivity (Wildman–Crippen MR) is 83.4 cm³/mol. The molecule has 0 aromatic carbocycles. The molecule has 3 N–H and O–H groups in total. The molecular weight excluding hydrogens is 268 g/mol. The number of nitrogen functional groups attached to an aromatic ring is 1. The van der Waals surface area contributed by atoms with Crippen molar-refractivity contribution in [1.29, 1.82) is 0 Å². The van der Waals surface area contributed by atoms with E-state index < -0.39 is 0 Å². The van der Waals surface area contributed by atoms with Crippen molar-refractivity contribution in [3.63, 3.8) is 0 Å². The summed E-state index contributed by atoms with van der Waals surface area (Å²) in [5.74, 6) is 7.21. The summed E-state index contributed by atoms with van der Waals surface area (Å²) in [5, 5.41) is 0. The van der Waals surface area contributed by atoms with Crippen LogP contribution in [0, 0.1) is 0 Å². The van der Waals surface area contributed by atoms with Crippen LogP contribution in [0.4, 0.5) is 17.8 Å². The van der Waals surface area contributed by atoms with Gasteiger partial charge in [0.2, 0.25) is 17.8 Å². The van der Waals surface area contributed by atoms with Gasteiger partial charge in [0.25, 0.3) is 0 Å². The SMILES string of the molecule is CN(C)c1nc(NN)nc(N2CCC(N3CCCC3)C2)n1. The third kappa shape index (κ3) is 3.01. The molecule has 8 heteroatoms. The zero-order valence-electron chi connectivity index (χ0n) is 12.8. The van der Waals surface area contributed by atoms with Crippen LogP contribution in [0.25, 0.3) is 0 Å². The number of nitrogens with one attached hydrogen (secondary N) is 1. The van der Waals surface area contributed by atoms with Crippen LogP contribution in [-0.2, 0) is 0 Å². The summed E-state index contributed by atoms with van der Waals surface area (Å²) in [4.78, 5) is 19.9. The Hall–Kier alpha value is -1.67. The molecule has 116 valence electrons. The van der Waals surface area contributed by atoms with E-state index in [1.807, 2.05) is 19.0 Å². The molecule has 1 unspecified atom stereocenters. The van der Waals surface area contributed by atoms with Crippen LogP contribution >= 0.6 is 0 Å². The molecule has 0 bridgehead atoms. The molecule has 3 rings (SSSR count). The van der Waals surface area contributed by atoms with Gasteiger partial charge in [-0.15, -0.1) is 0 Å². The van der Waals surface area contributed by atoms with Gasteiger partial charge in [0.1, 0.15) is 0 Å². The van der Waals surface area contributed by atoms with Crippen LogP contribution in [0.3, 0.4) is 0 Å². The smallest absolute Gasteiger partial charge is 0.243 e. The minimum atomic E-state index is 0.410. The summed E-state index contributed by atoms with van der Waals surface area (Å²) in [6, 6.07) is 0.626. The second kappa shape index (κ2) is 5.98. The lowest BCUT2D eigenvalue weighted by Gasteiger charge is -2.24. The number of hydrazine groups is 1. The number of likely N-dealkylation sites (tertiary alicyclic amines) is 1. The molecule has 1 aromatic heterocycles. The van der Waals surface area contributed by atoms with E-state index in [-0.39, 0.29) is 0 Å². The molecule has 21 heavy (non-hydrogen) atoms. The van der Waals surface area contributed by atoms with Crippen molar-refractivity contribution in [2.45, 2.75) is 25.3 Å². The molecule has 2 aliphatic heterocycles. The topological polar surface area (TPSA) is 86.4 Å². The van der Waals surface area contributed by atoms with Crippen molar-refractivity contribution < 1.29 is 0 Å². The minimum Gasteiger partial charge on any atom is -0.347 e. The molecule has 0 amide bonds. The molecule has 0 radical (unpaired) electrons. The van der Waals surface area contributed by atoms with Crippen molar-refractivity contribution in [2.75, 3.05) is 55.5 Å². The normalized spacial score (nSPS) is 22.8. The Morgan fingerprint density at radius 1 is 1.14 bits per heavy atom. The van der Waals surface area contributed by atoms with Gasteiger partial charge in [0.05, 0.1) is 0 Å². The van der Waals surface area contributed by atoms with Crippen molar-refractivity contribution in [3.8, 4) is 0 Å². The number of nitrogens with zero attached hydrogens (tertiary/aromatic N) is 6. The Balaban J connectivity index is 1.75. The number of nitrogens with two attached hydrogens (primary N) is 1. The molecule has 2 aliphatic rings. The zero-order chi connectivity index (χ0) is 14.8. The van der Waals surface area contributed by atoms with Crippen LogP contribution in [0.2, 0.25) is 0 Å². The molecule has 2 fully saturated rings. The first-order valence-electron chi connectivity index (χ1n) is 7.56. The van der Waals surface area contributed by atoms with Gasteiger partial charge < -0.3 is 9.80 Å². The lowest BCUT2D eigenvalue weighted by molar-refractivity contribution is 0.260. The quantitative estimate of drug-likeness (QED) is 0.587. The third-order valence-electron chi connectivity index (χ3n) is 4.24. The van der Waals surface area contributed by atoms with E-state index in [2.05, 4.69) is 30.2 Å². The second-order valence-electron chi connectivity index (χ2n) is 5.93. The fourth-order valence-corrected chi connectivity index (χ4v) is 3.09. The first-order chi connectivity index (χ1) is 10.2. The maximum absolute atomic E-state index is 5.47. The average molecular weight is 292 g/mol. The van der Waals surface area contributed by atoms with Crippen LogP contribution in [0.5, 0.6) is 0 Å². The Morgan fingerprint density at radius 2 is 1.90 bits per heavy atom. The van der Waals surface area contributed by atoms with Gasteiger partial charge in [0.15, 0.2) is 0 Å². The Bertz CT molecular complexity index is 485. The van der Waals surface area contributed by atoms with Crippen LogP contribution in [-0.4, -0.2) is 66.2 Å². The summed E-state index contributed by atoms with van der Waals surface area (Å²) in [6.45, 7) is 4.44. The molecule has 0 aliphatic carbocycles. The van der Waals surface area contributed by atoms with Crippen LogP contribution in [0.15, 0.2) is 0 Å². The van der Waals surface area contributed by atoms with Crippen molar-refractivity contribution >= 4 is 17.8 Å². The van der Waals surface area contributed by atoms with Gasteiger partial charge in [-0.1, -0.05) is 0 Å². The summed E-state index contributed by atoms with van der Waals surface area (Å²) >= 11 is 0. The van der Waals surface area contributed by atoms with Crippen LogP contribution < -0.4 is 21.1 Å². The summed E-state index contributed by atoms with van der Waals surface area (Å²) in [5.41, 5.74) is 2.53. The Morgan fingerprint density at radius 3 is 2.57 bits per heavy atom. The van der Waals surface area contributed by atoms with E-state index >= 15 is 0 Å². The van der Waals surface area contributed by atoms with Gasteiger partial charge in [-0.05, 0) is 32.4 Å². The van der Waals surface area contributed by atoms with Gasteiger partial charge in [-0.3, -0.25) is 10.3 Å². The number of aromatic nitrogens is 3. The van der Waals surface area contributed by atoms with Crippen molar-refractivity contribution in [1.82, 2.24) is 19.9 Å². The number of hydrogen-bond acceptors (Lipinski definition) is 8. The third-order valence-corrected chi connectivity index (χ3v) is 4.24. The second-order valence-corrected chi connectivity index (χ2v) is 5.93. The lowest BCUT2D eigenvalue weighted by atomic mass is 10.2. The highest BCUT2D eigenvalue weighted by Gasteiger charge is 2.30. The fraction of sp³-hybridized carbons (Fsp3) is 0.769.